The quantitative estimate of drug-likeness (QED) is 0.369. The van der Waals surface area contributed by atoms with Gasteiger partial charge in [-0.15, -0.1) is 11.3 Å². The molecule has 0 saturated heterocycles. The molecule has 0 unspecified atom stereocenters. The van der Waals surface area contributed by atoms with E-state index in [0.29, 0.717) is 13.1 Å². The highest BCUT2D eigenvalue weighted by Crippen LogP contribution is 2.25. The minimum atomic E-state index is -0.734. The number of amides is 2. The number of hydrogen-bond donors (Lipinski definition) is 1. The van der Waals surface area contributed by atoms with Gasteiger partial charge in [0.15, 0.2) is 0 Å². The summed E-state index contributed by atoms with van der Waals surface area (Å²) in [6, 6.07) is 32.3. The maximum absolute atomic E-state index is 13.6. The van der Waals surface area contributed by atoms with E-state index in [1.54, 1.807) is 16.2 Å². The number of benzene rings is 3. The number of nitrogens with zero attached hydrogens (tertiary/aromatic N) is 1. The Balaban J connectivity index is 1.65. The number of rotatable bonds is 9. The fraction of sp³-hybridized carbons (Fsp3) is 0.143. The minimum absolute atomic E-state index is 0.0787. The lowest BCUT2D eigenvalue weighted by atomic mass is 10.0. The Morgan fingerprint density at radius 1 is 0.758 bits per heavy atom. The third-order valence-electron chi connectivity index (χ3n) is 5.41. The molecule has 33 heavy (non-hydrogen) atoms. The predicted octanol–water partition coefficient (Wildman–Crippen LogP) is 5.38. The van der Waals surface area contributed by atoms with Crippen molar-refractivity contribution in [2.24, 2.45) is 0 Å². The fourth-order valence-corrected chi connectivity index (χ4v) is 4.45. The van der Waals surface area contributed by atoms with E-state index >= 15 is 0 Å². The molecule has 166 valence electrons. The van der Waals surface area contributed by atoms with Crippen LogP contribution in [0.4, 0.5) is 0 Å². The lowest BCUT2D eigenvalue weighted by molar-refractivity contribution is -0.141. The zero-order valence-electron chi connectivity index (χ0n) is 18.3. The van der Waals surface area contributed by atoms with Crippen LogP contribution < -0.4 is 5.32 Å². The lowest BCUT2D eigenvalue weighted by Gasteiger charge is -2.31. The first-order chi connectivity index (χ1) is 16.2. The minimum Gasteiger partial charge on any atom is -0.350 e. The second-order valence-corrected chi connectivity index (χ2v) is 8.81. The molecule has 4 rings (SSSR count). The third kappa shape index (κ3) is 6.18. The van der Waals surface area contributed by atoms with Gasteiger partial charge >= 0.3 is 0 Å². The molecule has 4 aromatic rings. The van der Waals surface area contributed by atoms with Crippen molar-refractivity contribution in [1.82, 2.24) is 10.2 Å². The smallest absolute Gasteiger partial charge is 0.247 e. The van der Waals surface area contributed by atoms with Crippen LogP contribution in [0.5, 0.6) is 0 Å². The van der Waals surface area contributed by atoms with Crippen LogP contribution in [0.2, 0.25) is 0 Å². The topological polar surface area (TPSA) is 49.4 Å². The summed E-state index contributed by atoms with van der Waals surface area (Å²) in [5, 5.41) is 5.01. The van der Waals surface area contributed by atoms with Crippen LogP contribution in [0.15, 0.2) is 109 Å². The molecule has 0 aliphatic carbocycles. The van der Waals surface area contributed by atoms with Gasteiger partial charge in [0, 0.05) is 18.0 Å². The average Bonchev–Trinajstić information content (AvgIpc) is 3.37. The van der Waals surface area contributed by atoms with Crippen LogP contribution >= 0.6 is 11.3 Å². The summed E-state index contributed by atoms with van der Waals surface area (Å²) < 4.78 is 0. The molecule has 0 fully saturated rings. The Morgan fingerprint density at radius 3 is 1.97 bits per heavy atom. The van der Waals surface area contributed by atoms with E-state index in [0.717, 1.165) is 21.6 Å². The van der Waals surface area contributed by atoms with Crippen molar-refractivity contribution in [3.05, 3.63) is 130 Å². The number of carbonyl (C=O) groups excluding carboxylic acids is 2. The van der Waals surface area contributed by atoms with E-state index in [1.807, 2.05) is 109 Å². The summed E-state index contributed by atoms with van der Waals surface area (Å²) >= 11 is 1.55. The van der Waals surface area contributed by atoms with Gasteiger partial charge in [-0.2, -0.15) is 0 Å². The van der Waals surface area contributed by atoms with Crippen molar-refractivity contribution in [1.29, 1.82) is 0 Å². The van der Waals surface area contributed by atoms with Gasteiger partial charge in [-0.3, -0.25) is 9.59 Å². The number of nitrogens with one attached hydrogen (secondary N) is 1. The normalized spacial score (nSPS) is 11.5. The third-order valence-corrected chi connectivity index (χ3v) is 6.28. The van der Waals surface area contributed by atoms with E-state index in [-0.39, 0.29) is 18.2 Å². The molecule has 3 aromatic carbocycles. The second-order valence-electron chi connectivity index (χ2n) is 7.78. The average molecular weight is 455 g/mol. The van der Waals surface area contributed by atoms with Gasteiger partial charge in [0.05, 0.1) is 6.42 Å². The van der Waals surface area contributed by atoms with Gasteiger partial charge in [0.25, 0.3) is 0 Å². The Kier molecular flexibility index (Phi) is 7.67. The van der Waals surface area contributed by atoms with Crippen LogP contribution in [0, 0.1) is 0 Å². The first-order valence-electron chi connectivity index (χ1n) is 10.9. The zero-order valence-corrected chi connectivity index (χ0v) is 19.1. The van der Waals surface area contributed by atoms with Gasteiger partial charge in [-0.25, -0.2) is 0 Å². The van der Waals surface area contributed by atoms with E-state index in [2.05, 4.69) is 5.32 Å². The first kappa shape index (κ1) is 22.5. The van der Waals surface area contributed by atoms with Crippen molar-refractivity contribution < 1.29 is 9.59 Å². The Bertz CT molecular complexity index is 1150. The molecule has 0 bridgehead atoms. The van der Waals surface area contributed by atoms with Crippen molar-refractivity contribution in [2.75, 3.05) is 0 Å². The molecule has 1 heterocycles. The van der Waals surface area contributed by atoms with E-state index in [9.17, 15) is 9.59 Å². The van der Waals surface area contributed by atoms with Crippen LogP contribution in [0.1, 0.15) is 27.6 Å². The maximum Gasteiger partial charge on any atom is 0.247 e. The first-order valence-corrected chi connectivity index (χ1v) is 11.8. The van der Waals surface area contributed by atoms with Crippen LogP contribution in [0.3, 0.4) is 0 Å². The standard InChI is InChI=1S/C28H26N2O2S/c31-26(19-25-17-10-18-33-25)30(21-23-13-6-2-7-14-23)27(24-15-8-3-9-16-24)28(32)29-20-22-11-4-1-5-12-22/h1-18,27H,19-21H2,(H,29,32)/t27-/m0/s1. The molecule has 1 aromatic heterocycles. The lowest BCUT2D eigenvalue weighted by Crippen LogP contribution is -2.43. The largest absolute Gasteiger partial charge is 0.350 e. The SMILES string of the molecule is O=C(NCc1ccccc1)[C@H](c1ccccc1)N(Cc1ccccc1)C(=O)Cc1cccs1. The van der Waals surface area contributed by atoms with Gasteiger partial charge < -0.3 is 10.2 Å². The molecule has 0 radical (unpaired) electrons. The predicted molar refractivity (Wildman–Crippen MR) is 132 cm³/mol. The van der Waals surface area contributed by atoms with Gasteiger partial charge in [-0.1, -0.05) is 97.1 Å². The number of hydrogen-bond acceptors (Lipinski definition) is 3. The maximum atomic E-state index is 13.6. The molecule has 0 aliphatic rings. The molecule has 0 spiro atoms. The monoisotopic (exact) mass is 454 g/mol. The summed E-state index contributed by atoms with van der Waals surface area (Å²) in [5.41, 5.74) is 2.78. The van der Waals surface area contributed by atoms with Crippen LogP contribution in [-0.4, -0.2) is 16.7 Å². The summed E-state index contributed by atoms with van der Waals surface area (Å²) in [5.74, 6) is -0.273. The summed E-state index contributed by atoms with van der Waals surface area (Å²) in [4.78, 5) is 29.8. The van der Waals surface area contributed by atoms with Gasteiger partial charge in [-0.05, 0) is 28.1 Å². The molecule has 1 atom stereocenters. The summed E-state index contributed by atoms with van der Waals surface area (Å²) in [6.07, 6.45) is 0.264. The van der Waals surface area contributed by atoms with E-state index < -0.39 is 6.04 Å². The highest BCUT2D eigenvalue weighted by atomic mass is 32.1. The molecule has 4 nitrogen and oxygen atoms in total. The second kappa shape index (κ2) is 11.2. The van der Waals surface area contributed by atoms with Gasteiger partial charge in [0.1, 0.15) is 6.04 Å². The van der Waals surface area contributed by atoms with Gasteiger partial charge in [0.2, 0.25) is 11.8 Å². The van der Waals surface area contributed by atoms with E-state index in [1.165, 1.54) is 0 Å². The van der Waals surface area contributed by atoms with Crippen LogP contribution in [-0.2, 0) is 29.1 Å². The fourth-order valence-electron chi connectivity index (χ4n) is 3.76. The molecular formula is C28H26N2O2S. The van der Waals surface area contributed by atoms with Crippen molar-refractivity contribution in [2.45, 2.75) is 25.6 Å². The van der Waals surface area contributed by atoms with Crippen molar-refractivity contribution in [3.63, 3.8) is 0 Å². The van der Waals surface area contributed by atoms with E-state index in [4.69, 9.17) is 0 Å². The van der Waals surface area contributed by atoms with Crippen molar-refractivity contribution in [3.8, 4) is 0 Å². The summed E-state index contributed by atoms with van der Waals surface area (Å²) in [6.45, 7) is 0.755. The molecule has 1 N–H and O–H groups in total. The number of thiophene rings is 1. The highest BCUT2D eigenvalue weighted by Gasteiger charge is 2.31. The molecule has 0 aliphatic heterocycles. The Morgan fingerprint density at radius 2 is 1.36 bits per heavy atom. The zero-order chi connectivity index (χ0) is 22.9. The summed E-state index contributed by atoms with van der Waals surface area (Å²) in [7, 11) is 0. The number of carbonyl (C=O) groups is 2. The highest BCUT2D eigenvalue weighted by molar-refractivity contribution is 7.10. The molecule has 0 saturated carbocycles. The Labute approximate surface area is 198 Å². The Hall–Kier alpha value is -3.70. The van der Waals surface area contributed by atoms with Crippen molar-refractivity contribution >= 4 is 23.2 Å². The van der Waals surface area contributed by atoms with Crippen LogP contribution in [0.25, 0.3) is 0 Å². The molecule has 5 heteroatoms. The molecule has 2 amide bonds. The molecular weight excluding hydrogens is 428 g/mol.